The molecule has 3 aromatic heterocycles. The predicted molar refractivity (Wildman–Crippen MR) is 92.9 cm³/mol. The monoisotopic (exact) mass is 358 g/mol. The Bertz CT molecular complexity index is 787. The van der Waals surface area contributed by atoms with Crippen molar-refractivity contribution in [3.63, 3.8) is 0 Å². The molecule has 0 fully saturated rings. The van der Waals surface area contributed by atoms with Crippen molar-refractivity contribution in [2.75, 3.05) is 0 Å². The van der Waals surface area contributed by atoms with E-state index in [1.807, 2.05) is 17.5 Å². The van der Waals surface area contributed by atoms with Crippen LogP contribution in [0.1, 0.15) is 26.2 Å². The third-order valence-electron chi connectivity index (χ3n) is 3.21. The van der Waals surface area contributed by atoms with Gasteiger partial charge in [-0.15, -0.1) is 22.7 Å². The van der Waals surface area contributed by atoms with Gasteiger partial charge in [0, 0.05) is 22.8 Å². The Hall–Kier alpha value is -2.51. The minimum atomic E-state index is -1.01. The van der Waals surface area contributed by atoms with Gasteiger partial charge in [0.05, 0.1) is 6.54 Å². The van der Waals surface area contributed by atoms with E-state index in [1.165, 1.54) is 11.3 Å². The highest BCUT2D eigenvalue weighted by atomic mass is 32.1. The predicted octanol–water partition coefficient (Wildman–Crippen LogP) is 3.42. The Kier molecular flexibility index (Phi) is 5.35. The maximum absolute atomic E-state index is 12.5. The molecule has 122 valence electrons. The van der Waals surface area contributed by atoms with Crippen LogP contribution in [0.15, 0.2) is 59.6 Å². The molecule has 7 heteroatoms. The van der Waals surface area contributed by atoms with Gasteiger partial charge in [-0.25, -0.2) is 4.79 Å². The average molecular weight is 358 g/mol. The lowest BCUT2D eigenvalue weighted by atomic mass is 10.1. The zero-order chi connectivity index (χ0) is 16.8. The normalized spacial score (nSPS) is 11.7. The summed E-state index contributed by atoms with van der Waals surface area (Å²) in [5.74, 6) is -0.877. The number of esters is 1. The molecule has 0 saturated heterocycles. The van der Waals surface area contributed by atoms with Crippen LogP contribution in [0.25, 0.3) is 0 Å². The fourth-order valence-electron chi connectivity index (χ4n) is 2.05. The summed E-state index contributed by atoms with van der Waals surface area (Å²) in [4.78, 5) is 30.2. The SMILES string of the molecule is O=C(O[C@@H](C(=O)NCc1cccs1)c1ccncc1)c1cccs1. The average Bonchev–Trinajstić information content (AvgIpc) is 3.31. The Labute approximate surface area is 146 Å². The standard InChI is InChI=1S/C17H14N2O3S2/c20-16(19-11-13-3-1-9-23-13)15(12-5-7-18-8-6-12)22-17(21)14-4-2-10-24-14/h1-10,15H,11H2,(H,19,20)/t15-/m1/s1. The number of amides is 1. The Morgan fingerprint density at radius 2 is 1.83 bits per heavy atom. The lowest BCUT2D eigenvalue weighted by Crippen LogP contribution is -2.31. The minimum absolute atomic E-state index is 0.362. The smallest absolute Gasteiger partial charge is 0.349 e. The second-order valence-corrected chi connectivity index (χ2v) is 6.82. The molecular weight excluding hydrogens is 344 g/mol. The van der Waals surface area contributed by atoms with Crippen LogP contribution in [0, 0.1) is 0 Å². The number of carbonyl (C=O) groups excluding carboxylic acids is 2. The van der Waals surface area contributed by atoms with Crippen molar-refractivity contribution in [3.8, 4) is 0 Å². The summed E-state index contributed by atoms with van der Waals surface area (Å²) in [6, 6.07) is 10.6. The fraction of sp³-hybridized carbons (Fsp3) is 0.118. The highest BCUT2D eigenvalue weighted by Crippen LogP contribution is 2.21. The van der Waals surface area contributed by atoms with Crippen LogP contribution in [0.2, 0.25) is 0 Å². The van der Waals surface area contributed by atoms with Crippen LogP contribution in [-0.4, -0.2) is 16.9 Å². The highest BCUT2D eigenvalue weighted by Gasteiger charge is 2.26. The molecule has 0 spiro atoms. The molecule has 0 unspecified atom stereocenters. The van der Waals surface area contributed by atoms with Crippen molar-refractivity contribution in [3.05, 3.63) is 74.9 Å². The third kappa shape index (κ3) is 4.06. The molecule has 0 aromatic carbocycles. The van der Waals surface area contributed by atoms with E-state index in [4.69, 9.17) is 4.74 Å². The van der Waals surface area contributed by atoms with E-state index in [2.05, 4.69) is 10.3 Å². The molecule has 0 aliphatic carbocycles. The van der Waals surface area contributed by atoms with Gasteiger partial charge >= 0.3 is 5.97 Å². The minimum Gasteiger partial charge on any atom is -0.443 e. The molecule has 1 N–H and O–H groups in total. The van der Waals surface area contributed by atoms with Crippen molar-refractivity contribution >= 4 is 34.6 Å². The molecule has 1 amide bonds. The van der Waals surface area contributed by atoms with Crippen molar-refractivity contribution in [2.45, 2.75) is 12.6 Å². The fourth-order valence-corrected chi connectivity index (χ4v) is 3.30. The summed E-state index contributed by atoms with van der Waals surface area (Å²) in [5.41, 5.74) is 0.582. The largest absolute Gasteiger partial charge is 0.443 e. The molecule has 3 aromatic rings. The number of hydrogen-bond donors (Lipinski definition) is 1. The van der Waals surface area contributed by atoms with Gasteiger partial charge in [-0.2, -0.15) is 0 Å². The van der Waals surface area contributed by atoms with Gasteiger partial charge in [-0.05, 0) is 35.0 Å². The van der Waals surface area contributed by atoms with Crippen LogP contribution in [0.4, 0.5) is 0 Å². The zero-order valence-corrected chi connectivity index (χ0v) is 14.2. The number of ether oxygens (including phenoxy) is 1. The van der Waals surface area contributed by atoms with Gasteiger partial charge in [0.2, 0.25) is 6.10 Å². The number of rotatable bonds is 6. The molecule has 3 heterocycles. The Morgan fingerprint density at radius 3 is 2.50 bits per heavy atom. The Morgan fingerprint density at radius 1 is 1.08 bits per heavy atom. The summed E-state index contributed by atoms with van der Waals surface area (Å²) < 4.78 is 5.45. The first-order valence-electron chi connectivity index (χ1n) is 7.18. The van der Waals surface area contributed by atoms with Gasteiger partial charge in [0.1, 0.15) is 4.88 Å². The van der Waals surface area contributed by atoms with Crippen molar-refractivity contribution in [1.29, 1.82) is 0 Å². The first-order chi connectivity index (χ1) is 11.7. The van der Waals surface area contributed by atoms with E-state index >= 15 is 0 Å². The molecule has 3 rings (SSSR count). The summed E-state index contributed by atoms with van der Waals surface area (Å²) in [7, 11) is 0. The first-order valence-corrected chi connectivity index (χ1v) is 8.94. The van der Waals surface area contributed by atoms with E-state index in [0.29, 0.717) is 17.0 Å². The second-order valence-electron chi connectivity index (χ2n) is 4.84. The molecule has 1 atom stereocenters. The van der Waals surface area contributed by atoms with Crippen LogP contribution >= 0.6 is 22.7 Å². The van der Waals surface area contributed by atoms with Crippen molar-refractivity contribution < 1.29 is 14.3 Å². The van der Waals surface area contributed by atoms with Crippen molar-refractivity contribution in [2.24, 2.45) is 0 Å². The number of thiophene rings is 2. The number of pyridine rings is 1. The van der Waals surface area contributed by atoms with Crippen LogP contribution < -0.4 is 5.32 Å². The number of nitrogens with zero attached hydrogens (tertiary/aromatic N) is 1. The quantitative estimate of drug-likeness (QED) is 0.686. The van der Waals surface area contributed by atoms with Gasteiger partial charge in [-0.3, -0.25) is 9.78 Å². The number of hydrogen-bond acceptors (Lipinski definition) is 6. The van der Waals surface area contributed by atoms with Gasteiger partial charge in [0.25, 0.3) is 5.91 Å². The van der Waals surface area contributed by atoms with E-state index in [9.17, 15) is 9.59 Å². The van der Waals surface area contributed by atoms with Gasteiger partial charge < -0.3 is 10.1 Å². The number of carbonyl (C=O) groups is 2. The number of nitrogens with one attached hydrogen (secondary N) is 1. The topological polar surface area (TPSA) is 68.3 Å². The molecule has 0 aliphatic heterocycles. The molecule has 5 nitrogen and oxygen atoms in total. The van der Waals surface area contributed by atoms with E-state index < -0.39 is 12.1 Å². The van der Waals surface area contributed by atoms with Crippen LogP contribution in [-0.2, 0) is 16.1 Å². The van der Waals surface area contributed by atoms with Gasteiger partial charge in [0.15, 0.2) is 0 Å². The van der Waals surface area contributed by atoms with E-state index in [-0.39, 0.29) is 5.91 Å². The van der Waals surface area contributed by atoms with E-state index in [0.717, 1.165) is 4.88 Å². The third-order valence-corrected chi connectivity index (χ3v) is 4.94. The molecule has 24 heavy (non-hydrogen) atoms. The highest BCUT2D eigenvalue weighted by molar-refractivity contribution is 7.12. The summed E-state index contributed by atoms with van der Waals surface area (Å²) in [5, 5.41) is 6.54. The number of aromatic nitrogens is 1. The molecular formula is C17H14N2O3S2. The second kappa shape index (κ2) is 7.85. The molecule has 0 bridgehead atoms. The Balaban J connectivity index is 1.74. The van der Waals surface area contributed by atoms with Gasteiger partial charge in [-0.1, -0.05) is 12.1 Å². The molecule has 0 saturated carbocycles. The summed E-state index contributed by atoms with van der Waals surface area (Å²) in [6.45, 7) is 0.397. The summed E-state index contributed by atoms with van der Waals surface area (Å²) in [6.07, 6.45) is 2.12. The lowest BCUT2D eigenvalue weighted by molar-refractivity contribution is -0.130. The van der Waals surface area contributed by atoms with Crippen molar-refractivity contribution in [1.82, 2.24) is 10.3 Å². The first kappa shape index (κ1) is 16.4. The maximum Gasteiger partial charge on any atom is 0.349 e. The zero-order valence-electron chi connectivity index (χ0n) is 12.5. The lowest BCUT2D eigenvalue weighted by Gasteiger charge is -2.17. The van der Waals surface area contributed by atoms with Crippen LogP contribution in [0.5, 0.6) is 0 Å². The molecule has 0 aliphatic rings. The van der Waals surface area contributed by atoms with E-state index in [1.54, 1.807) is 53.4 Å². The summed E-state index contributed by atoms with van der Waals surface area (Å²) >= 11 is 2.83. The molecule has 0 radical (unpaired) electrons. The van der Waals surface area contributed by atoms with Crippen LogP contribution in [0.3, 0.4) is 0 Å². The maximum atomic E-state index is 12.5.